The Morgan fingerprint density at radius 3 is 2.06 bits per heavy atom. The summed E-state index contributed by atoms with van der Waals surface area (Å²) in [5, 5.41) is 4.38. The molecule has 8 heteroatoms. The average Bonchev–Trinajstić information content (AvgIpc) is 3.91. The van der Waals surface area contributed by atoms with Crippen LogP contribution in [0.3, 0.4) is 0 Å². The van der Waals surface area contributed by atoms with Crippen LogP contribution in [0.2, 0.25) is 0 Å². The Balaban J connectivity index is 0.00000458. The van der Waals surface area contributed by atoms with Crippen LogP contribution in [-0.2, 0) is 26.5 Å². The van der Waals surface area contributed by atoms with Crippen molar-refractivity contribution in [3.63, 3.8) is 0 Å². The van der Waals surface area contributed by atoms with Gasteiger partial charge >= 0.3 is 0 Å². The molecule has 0 radical (unpaired) electrons. The standard InChI is InChI=1S/C54H43N6O.Pt/c1-34-27-35(2)52(36(3)28-34)58-33-57(46-21-14-25-56-53(46)58)48-31-40(32-49-51(48)43-18-11-13-20-45(43)59(49)38-15-8-7-9-16-38)61-39-22-23-42-41-17-10-12-19-44(41)60(47(42)30-39)50-29-37(24-26-55-50)54(4,5)6;/h7-29,32-33H,1-6H3;/q-3;. The summed E-state index contributed by atoms with van der Waals surface area (Å²) in [6.45, 7) is 15.3. The van der Waals surface area contributed by atoms with Gasteiger partial charge < -0.3 is 23.7 Å². The fourth-order valence-corrected chi connectivity index (χ4v) is 9.26. The van der Waals surface area contributed by atoms with Gasteiger partial charge in [-0.25, -0.2) is 9.97 Å². The minimum absolute atomic E-state index is 0. The molecule has 4 aromatic heterocycles. The van der Waals surface area contributed by atoms with Crippen molar-refractivity contribution in [2.75, 3.05) is 9.80 Å². The zero-order valence-corrected chi connectivity index (χ0v) is 37.6. The third kappa shape index (κ3) is 6.37. The molecule has 1 aliphatic heterocycles. The van der Waals surface area contributed by atoms with Crippen molar-refractivity contribution in [2.45, 2.75) is 47.0 Å². The van der Waals surface area contributed by atoms with Gasteiger partial charge in [-0.3, -0.25) is 0 Å². The summed E-state index contributed by atoms with van der Waals surface area (Å²) < 4.78 is 11.5. The van der Waals surface area contributed by atoms with Gasteiger partial charge in [0.05, 0.1) is 5.69 Å². The van der Waals surface area contributed by atoms with Crippen molar-refractivity contribution in [3.8, 4) is 23.0 Å². The number of fused-ring (bicyclic) bond motifs is 7. The zero-order valence-electron chi connectivity index (χ0n) is 35.3. The quantitative estimate of drug-likeness (QED) is 0.155. The molecule has 0 spiro atoms. The number of aromatic nitrogens is 4. The Kier molecular flexibility index (Phi) is 9.57. The maximum Gasteiger partial charge on any atom is 0.135 e. The van der Waals surface area contributed by atoms with Crippen LogP contribution in [-0.4, -0.2) is 19.1 Å². The van der Waals surface area contributed by atoms with Gasteiger partial charge in [0.15, 0.2) is 0 Å². The molecule has 0 amide bonds. The Morgan fingerprint density at radius 1 is 0.597 bits per heavy atom. The zero-order chi connectivity index (χ0) is 41.6. The van der Waals surface area contributed by atoms with Crippen LogP contribution >= 0.6 is 0 Å². The molecular weight excluding hydrogens is 944 g/mol. The molecule has 0 saturated heterocycles. The average molecular weight is 987 g/mol. The Labute approximate surface area is 376 Å². The number of nitrogens with zero attached hydrogens (tertiary/aromatic N) is 6. The fraction of sp³-hybridized carbons (Fsp3) is 0.130. The van der Waals surface area contributed by atoms with Crippen LogP contribution in [0.5, 0.6) is 11.5 Å². The number of anilines is 4. The predicted molar refractivity (Wildman–Crippen MR) is 249 cm³/mol. The first-order valence-electron chi connectivity index (χ1n) is 20.7. The third-order valence-corrected chi connectivity index (χ3v) is 11.9. The molecular formula is C54H43N6OPt-3. The molecule has 5 heterocycles. The number of hydrogen-bond donors (Lipinski definition) is 0. The van der Waals surface area contributed by atoms with Crippen molar-refractivity contribution in [1.29, 1.82) is 0 Å². The molecule has 10 aromatic rings. The summed E-state index contributed by atoms with van der Waals surface area (Å²) in [6.07, 6.45) is 3.77. The van der Waals surface area contributed by atoms with E-state index < -0.39 is 0 Å². The molecule has 308 valence electrons. The first-order valence-corrected chi connectivity index (χ1v) is 20.7. The smallest absolute Gasteiger partial charge is 0.135 e. The molecule has 6 aromatic carbocycles. The molecule has 62 heavy (non-hydrogen) atoms. The summed E-state index contributed by atoms with van der Waals surface area (Å²) in [6, 6.07) is 54.2. The number of rotatable bonds is 6. The molecule has 7 nitrogen and oxygen atoms in total. The minimum Gasteiger partial charge on any atom is -0.509 e. The third-order valence-electron chi connectivity index (χ3n) is 11.9. The molecule has 0 N–H and O–H groups in total. The van der Waals surface area contributed by atoms with Crippen LogP contribution in [0.25, 0.3) is 55.1 Å². The predicted octanol–water partition coefficient (Wildman–Crippen LogP) is 13.7. The molecule has 0 fully saturated rings. The van der Waals surface area contributed by atoms with Crippen molar-refractivity contribution >= 4 is 66.5 Å². The summed E-state index contributed by atoms with van der Waals surface area (Å²) in [5.41, 5.74) is 12.8. The molecule has 11 rings (SSSR count). The van der Waals surface area contributed by atoms with Gasteiger partial charge in [-0.2, -0.15) is 6.07 Å². The second-order valence-corrected chi connectivity index (χ2v) is 17.1. The second-order valence-electron chi connectivity index (χ2n) is 17.1. The van der Waals surface area contributed by atoms with E-state index in [1.54, 1.807) is 0 Å². The molecule has 0 aliphatic carbocycles. The number of hydrogen-bond acceptors (Lipinski definition) is 5. The second kappa shape index (κ2) is 15.0. The fourth-order valence-electron chi connectivity index (χ4n) is 9.26. The van der Waals surface area contributed by atoms with E-state index in [0.29, 0.717) is 11.5 Å². The number of ether oxygens (including phenoxy) is 1. The van der Waals surface area contributed by atoms with Gasteiger partial charge in [0.1, 0.15) is 11.6 Å². The number of pyridine rings is 2. The normalized spacial score (nSPS) is 12.7. The van der Waals surface area contributed by atoms with Gasteiger partial charge in [0.2, 0.25) is 0 Å². The molecule has 0 unspecified atom stereocenters. The van der Waals surface area contributed by atoms with E-state index in [4.69, 9.17) is 14.7 Å². The van der Waals surface area contributed by atoms with Crippen LogP contribution in [0, 0.1) is 39.6 Å². The summed E-state index contributed by atoms with van der Waals surface area (Å²) in [4.78, 5) is 14.3. The summed E-state index contributed by atoms with van der Waals surface area (Å²) >= 11 is 0. The van der Waals surface area contributed by atoms with Crippen molar-refractivity contribution in [1.82, 2.24) is 19.1 Å². The van der Waals surface area contributed by atoms with Crippen molar-refractivity contribution < 1.29 is 25.8 Å². The van der Waals surface area contributed by atoms with Gasteiger partial charge in [-0.15, -0.1) is 36.3 Å². The van der Waals surface area contributed by atoms with Crippen LogP contribution in [0.15, 0.2) is 146 Å². The van der Waals surface area contributed by atoms with E-state index in [1.165, 1.54) is 22.3 Å². The monoisotopic (exact) mass is 986 g/mol. The summed E-state index contributed by atoms with van der Waals surface area (Å²) in [7, 11) is 0. The number of para-hydroxylation sites is 3. The first-order chi connectivity index (χ1) is 29.6. The van der Waals surface area contributed by atoms with Crippen molar-refractivity contribution in [2.24, 2.45) is 0 Å². The first kappa shape index (κ1) is 39.4. The van der Waals surface area contributed by atoms with E-state index in [1.807, 2.05) is 24.5 Å². The molecule has 0 atom stereocenters. The van der Waals surface area contributed by atoms with Crippen LogP contribution < -0.4 is 14.5 Å². The Hall–Kier alpha value is -6.69. The van der Waals surface area contributed by atoms with Gasteiger partial charge in [0.25, 0.3) is 0 Å². The van der Waals surface area contributed by atoms with Gasteiger partial charge in [-0.1, -0.05) is 110 Å². The number of benzene rings is 6. The van der Waals surface area contributed by atoms with Crippen LogP contribution in [0.4, 0.5) is 22.9 Å². The minimum atomic E-state index is -0.0407. The summed E-state index contributed by atoms with van der Waals surface area (Å²) in [5.74, 6) is 2.84. The molecule has 1 aliphatic rings. The van der Waals surface area contributed by atoms with E-state index in [9.17, 15) is 0 Å². The van der Waals surface area contributed by atoms with Gasteiger partial charge in [0, 0.05) is 67.4 Å². The Morgan fingerprint density at radius 2 is 1.31 bits per heavy atom. The van der Waals surface area contributed by atoms with E-state index >= 15 is 0 Å². The van der Waals surface area contributed by atoms with Crippen LogP contribution in [0.1, 0.15) is 43.0 Å². The maximum atomic E-state index is 6.97. The molecule has 0 bridgehead atoms. The maximum absolute atomic E-state index is 6.97. The van der Waals surface area contributed by atoms with E-state index in [0.717, 1.165) is 78.0 Å². The topological polar surface area (TPSA) is 51.4 Å². The van der Waals surface area contributed by atoms with Gasteiger partial charge in [-0.05, 0) is 108 Å². The SMILES string of the molecule is Cc1cc(C)c(N2[CH-]N(c3[c-]c(Oc4[c-]c5c(cc4)c4ccccc4n5-c4cc(C(C)(C)C)ccn4)cc4c3c3ccccc3n4-c3ccccc3)c3cccnc32)c(C)c1.[Pt]. The Bertz CT molecular complexity index is 3340. The molecule has 0 saturated carbocycles. The van der Waals surface area contributed by atoms with Crippen molar-refractivity contribution in [3.05, 3.63) is 187 Å². The largest absolute Gasteiger partial charge is 0.509 e. The van der Waals surface area contributed by atoms with E-state index in [-0.39, 0.29) is 26.5 Å². The van der Waals surface area contributed by atoms with E-state index in [2.05, 4.69) is 201 Å². The number of aryl methyl sites for hydroxylation is 3.